The largest absolute Gasteiger partial charge is 0.496 e. The van der Waals surface area contributed by atoms with Crippen LogP contribution in [0.2, 0.25) is 0 Å². The first-order chi connectivity index (χ1) is 16.2. The van der Waals surface area contributed by atoms with E-state index in [2.05, 4.69) is 9.88 Å². The molecular weight excluding hydrogens is 447 g/mol. The lowest BCUT2D eigenvalue weighted by Crippen LogP contribution is -2.39. The molecule has 4 rings (SSSR count). The average Bonchev–Trinajstić information content (AvgIpc) is 3.20. The van der Waals surface area contributed by atoms with E-state index in [-0.39, 0.29) is 18.2 Å². The fraction of sp³-hybridized carbons (Fsp3) is 0.400. The van der Waals surface area contributed by atoms with Gasteiger partial charge in [-0.15, -0.1) is 0 Å². The number of aryl methyl sites for hydroxylation is 1. The molecule has 182 valence electrons. The van der Waals surface area contributed by atoms with E-state index in [1.165, 1.54) is 17.0 Å². The highest BCUT2D eigenvalue weighted by Crippen LogP contribution is 2.35. The van der Waals surface area contributed by atoms with E-state index in [1.807, 2.05) is 25.3 Å². The molecule has 0 unspecified atom stereocenters. The number of carboxylic acid groups (broad SMARTS) is 1. The van der Waals surface area contributed by atoms with Crippen LogP contribution in [0.5, 0.6) is 5.75 Å². The van der Waals surface area contributed by atoms with Crippen LogP contribution in [-0.2, 0) is 6.54 Å². The molecule has 1 aliphatic heterocycles. The van der Waals surface area contributed by atoms with Crippen molar-refractivity contribution in [3.63, 3.8) is 0 Å². The SMILES string of the molecule is COc1cc(C)c2[nH]ccc2c1CN1CCCN(CC(F)(F)F)C[C@@H]1c1ccc(C(=O)O)cc1. The van der Waals surface area contributed by atoms with Crippen LogP contribution in [0, 0.1) is 6.92 Å². The Labute approximate surface area is 195 Å². The Kier molecular flexibility index (Phi) is 6.86. The standard InChI is InChI=1S/C25H28F3N3O3/c1-16-12-22(34-2)20(19-8-9-29-23(16)19)13-31-11-3-10-30(15-25(26,27)28)14-21(31)17-4-6-18(7-5-17)24(32)33/h4-9,12,21,29H,3,10-11,13-15H2,1-2H3,(H,32,33)/t21-/m1/s1. The minimum atomic E-state index is -4.29. The Bertz CT molecular complexity index is 1160. The Balaban J connectivity index is 1.72. The molecule has 1 saturated heterocycles. The molecule has 0 saturated carbocycles. The number of ether oxygens (including phenoxy) is 1. The molecule has 2 N–H and O–H groups in total. The fourth-order valence-electron chi connectivity index (χ4n) is 4.84. The summed E-state index contributed by atoms with van der Waals surface area (Å²) < 4.78 is 45.4. The zero-order chi connectivity index (χ0) is 24.5. The summed E-state index contributed by atoms with van der Waals surface area (Å²) in [6, 6.07) is 10.0. The minimum Gasteiger partial charge on any atom is -0.496 e. The predicted octanol–water partition coefficient (Wildman–Crippen LogP) is 4.99. The van der Waals surface area contributed by atoms with E-state index in [0.717, 1.165) is 33.3 Å². The highest BCUT2D eigenvalue weighted by Gasteiger charge is 2.35. The molecule has 9 heteroatoms. The Hall–Kier alpha value is -3.04. The van der Waals surface area contributed by atoms with Gasteiger partial charge in [0.1, 0.15) is 5.75 Å². The average molecular weight is 476 g/mol. The maximum absolute atomic E-state index is 13.2. The molecule has 0 radical (unpaired) electrons. The number of halogens is 3. The van der Waals surface area contributed by atoms with Gasteiger partial charge in [-0.3, -0.25) is 9.80 Å². The summed E-state index contributed by atoms with van der Waals surface area (Å²) in [5, 5.41) is 10.3. The van der Waals surface area contributed by atoms with Gasteiger partial charge in [-0.25, -0.2) is 4.79 Å². The van der Waals surface area contributed by atoms with Crippen molar-refractivity contribution < 1.29 is 27.8 Å². The second kappa shape index (κ2) is 9.68. The molecule has 1 aromatic heterocycles. The number of nitrogens with zero attached hydrogens (tertiary/aromatic N) is 2. The molecule has 0 spiro atoms. The number of aromatic carboxylic acids is 1. The van der Waals surface area contributed by atoms with Gasteiger partial charge >= 0.3 is 12.1 Å². The van der Waals surface area contributed by atoms with Gasteiger partial charge in [0.05, 0.1) is 19.2 Å². The van der Waals surface area contributed by atoms with E-state index < -0.39 is 18.7 Å². The van der Waals surface area contributed by atoms with Gasteiger partial charge < -0.3 is 14.8 Å². The number of fused-ring (bicyclic) bond motifs is 1. The van der Waals surface area contributed by atoms with Crippen molar-refractivity contribution in [2.24, 2.45) is 0 Å². The number of carboxylic acids is 1. The molecule has 0 bridgehead atoms. The molecule has 3 aromatic rings. The van der Waals surface area contributed by atoms with Crippen LogP contribution in [-0.4, -0.2) is 65.3 Å². The van der Waals surface area contributed by atoms with Gasteiger partial charge in [-0.05, 0) is 55.3 Å². The summed E-state index contributed by atoms with van der Waals surface area (Å²) in [5.41, 5.74) is 3.96. The predicted molar refractivity (Wildman–Crippen MR) is 123 cm³/mol. The number of aromatic amines is 1. The first-order valence-electron chi connectivity index (χ1n) is 11.2. The zero-order valence-corrected chi connectivity index (χ0v) is 19.2. The topological polar surface area (TPSA) is 68.8 Å². The van der Waals surface area contributed by atoms with Crippen LogP contribution in [0.25, 0.3) is 10.9 Å². The van der Waals surface area contributed by atoms with Crippen LogP contribution in [0.4, 0.5) is 13.2 Å². The van der Waals surface area contributed by atoms with Crippen LogP contribution in [0.3, 0.4) is 0 Å². The van der Waals surface area contributed by atoms with E-state index in [1.54, 1.807) is 19.2 Å². The summed E-state index contributed by atoms with van der Waals surface area (Å²) >= 11 is 0. The maximum Gasteiger partial charge on any atom is 0.401 e. The van der Waals surface area contributed by atoms with Gasteiger partial charge in [-0.2, -0.15) is 13.2 Å². The molecule has 2 aromatic carbocycles. The van der Waals surface area contributed by atoms with Crippen molar-refractivity contribution in [1.29, 1.82) is 0 Å². The highest BCUT2D eigenvalue weighted by molar-refractivity contribution is 5.88. The number of alkyl halides is 3. The zero-order valence-electron chi connectivity index (χ0n) is 19.2. The first-order valence-corrected chi connectivity index (χ1v) is 11.2. The summed E-state index contributed by atoms with van der Waals surface area (Å²) in [6.07, 6.45) is -1.83. The third kappa shape index (κ3) is 5.20. The summed E-state index contributed by atoms with van der Waals surface area (Å²) in [7, 11) is 1.62. The Morgan fingerprint density at radius 3 is 2.59 bits per heavy atom. The number of rotatable bonds is 6. The smallest absolute Gasteiger partial charge is 0.401 e. The molecular formula is C25H28F3N3O3. The van der Waals surface area contributed by atoms with Crippen molar-refractivity contribution in [3.8, 4) is 5.75 Å². The number of carbonyl (C=O) groups is 1. The molecule has 1 fully saturated rings. The molecule has 6 nitrogen and oxygen atoms in total. The van der Waals surface area contributed by atoms with Gasteiger partial charge in [0, 0.05) is 48.3 Å². The van der Waals surface area contributed by atoms with Crippen LogP contribution >= 0.6 is 0 Å². The number of nitrogens with one attached hydrogen (secondary N) is 1. The number of aromatic nitrogens is 1. The lowest BCUT2D eigenvalue weighted by atomic mass is 10.00. The number of hydrogen-bond donors (Lipinski definition) is 2. The third-order valence-electron chi connectivity index (χ3n) is 6.43. The summed E-state index contributed by atoms with van der Waals surface area (Å²) in [4.78, 5) is 18.2. The molecule has 2 heterocycles. The van der Waals surface area contributed by atoms with Gasteiger partial charge in [0.2, 0.25) is 0 Å². The summed E-state index contributed by atoms with van der Waals surface area (Å²) in [6.45, 7) is 2.64. The van der Waals surface area contributed by atoms with Gasteiger partial charge in [0.15, 0.2) is 0 Å². The Morgan fingerprint density at radius 1 is 1.21 bits per heavy atom. The van der Waals surface area contributed by atoms with E-state index >= 15 is 0 Å². The van der Waals surface area contributed by atoms with Crippen molar-refractivity contribution in [2.75, 3.05) is 33.3 Å². The molecule has 1 aliphatic rings. The highest BCUT2D eigenvalue weighted by atomic mass is 19.4. The van der Waals surface area contributed by atoms with Crippen LogP contribution in [0.1, 0.15) is 39.5 Å². The molecule has 34 heavy (non-hydrogen) atoms. The Morgan fingerprint density at radius 2 is 1.94 bits per heavy atom. The first kappa shape index (κ1) is 24.1. The molecule has 0 aliphatic carbocycles. The maximum atomic E-state index is 13.2. The third-order valence-corrected chi connectivity index (χ3v) is 6.43. The van der Waals surface area contributed by atoms with Crippen molar-refractivity contribution >= 4 is 16.9 Å². The second-order valence-corrected chi connectivity index (χ2v) is 8.76. The van der Waals surface area contributed by atoms with Gasteiger partial charge in [-0.1, -0.05) is 12.1 Å². The van der Waals surface area contributed by atoms with E-state index in [0.29, 0.717) is 26.1 Å². The van der Waals surface area contributed by atoms with Gasteiger partial charge in [0.25, 0.3) is 0 Å². The van der Waals surface area contributed by atoms with Crippen molar-refractivity contribution in [3.05, 3.63) is 64.8 Å². The lowest BCUT2D eigenvalue weighted by molar-refractivity contribution is -0.146. The monoisotopic (exact) mass is 475 g/mol. The second-order valence-electron chi connectivity index (χ2n) is 8.76. The van der Waals surface area contributed by atoms with Crippen LogP contribution < -0.4 is 4.74 Å². The van der Waals surface area contributed by atoms with E-state index in [9.17, 15) is 23.1 Å². The van der Waals surface area contributed by atoms with Crippen LogP contribution in [0.15, 0.2) is 42.6 Å². The molecule has 0 amide bonds. The fourth-order valence-corrected chi connectivity index (χ4v) is 4.84. The normalized spacial score (nSPS) is 18.2. The number of methoxy groups -OCH3 is 1. The van der Waals surface area contributed by atoms with E-state index in [4.69, 9.17) is 4.74 Å². The molecule has 1 atom stereocenters. The van der Waals surface area contributed by atoms with Crippen molar-refractivity contribution in [1.82, 2.24) is 14.8 Å². The quantitative estimate of drug-likeness (QED) is 0.526. The summed E-state index contributed by atoms with van der Waals surface area (Å²) in [5.74, 6) is -0.303. The number of hydrogen-bond acceptors (Lipinski definition) is 4. The number of benzene rings is 2. The van der Waals surface area contributed by atoms with Crippen molar-refractivity contribution in [2.45, 2.75) is 32.1 Å². The number of H-pyrrole nitrogens is 1. The lowest BCUT2D eigenvalue weighted by Gasteiger charge is -2.33. The minimum absolute atomic E-state index is 0.144.